The standard InChI is InChI=1S/C30H54N6O7S.C5H12.C3H8/c1-19(2)17-20(23(37)25(31)38)32-26(39)21-13-12-16-36(21)27(40)24(30(6)14-10-9-11-15-30)34-28(41)33-22(29(3,4)5)18-35(7)44(8,42)43;1-4-5(2)3;1-3-2/h19-22,24H,9-18H2,1-8H3,(H2,31,38)(H,32,39)(H2,33,34,41);5H,4H2,1-3H3;3H2,1-2H3. The van der Waals surface area contributed by atoms with Crippen molar-refractivity contribution in [3.63, 3.8) is 0 Å². The molecule has 0 radical (unpaired) electrons. The first-order chi connectivity index (χ1) is 23.9. The fraction of sp³-hybridized carbons (Fsp3) is 0.868. The number of sulfonamides is 1. The quantitative estimate of drug-likeness (QED) is 0.180. The molecule has 0 aromatic heterocycles. The summed E-state index contributed by atoms with van der Waals surface area (Å²) in [5.74, 6) is -2.06. The van der Waals surface area contributed by atoms with Crippen LogP contribution in [0, 0.1) is 22.7 Å². The van der Waals surface area contributed by atoms with Gasteiger partial charge in [-0.15, -0.1) is 0 Å². The molecule has 2 fully saturated rings. The van der Waals surface area contributed by atoms with Crippen LogP contribution in [-0.2, 0) is 29.2 Å². The molecule has 0 aromatic carbocycles. The van der Waals surface area contributed by atoms with E-state index in [2.05, 4.69) is 50.6 Å². The molecule has 0 aromatic rings. The maximum atomic E-state index is 14.3. The van der Waals surface area contributed by atoms with Crippen LogP contribution in [0.1, 0.15) is 140 Å². The van der Waals surface area contributed by atoms with Crippen LogP contribution in [-0.4, -0.2) is 97.7 Å². The highest BCUT2D eigenvalue weighted by Gasteiger charge is 2.47. The lowest BCUT2D eigenvalue weighted by Gasteiger charge is -2.43. The SMILES string of the molecule is CC(C)CC(NC(=O)C1CCCN1C(=O)C(NC(=O)NC(CN(C)S(C)(=O)=O)C(C)(C)C)C1(C)CCCCC1)C(=O)C(N)=O.CCC.CCC(C)C. The van der Waals surface area contributed by atoms with Crippen molar-refractivity contribution in [1.82, 2.24) is 25.2 Å². The molecule has 1 saturated heterocycles. The first kappa shape index (κ1) is 49.3. The number of nitrogens with two attached hydrogens (primary N) is 1. The van der Waals surface area contributed by atoms with E-state index < -0.39 is 68.6 Å². The molecule has 2 aliphatic rings. The highest BCUT2D eigenvalue weighted by molar-refractivity contribution is 7.88. The van der Waals surface area contributed by atoms with Gasteiger partial charge in [-0.2, -0.15) is 0 Å². The molecule has 14 heteroatoms. The second-order valence-electron chi connectivity index (χ2n) is 16.8. The normalized spacial score (nSPS) is 19.0. The number of likely N-dealkylation sites (N-methyl/N-ethyl adjacent to an activating group) is 1. The van der Waals surface area contributed by atoms with E-state index in [9.17, 15) is 32.4 Å². The molecule has 1 saturated carbocycles. The third kappa shape index (κ3) is 16.9. The van der Waals surface area contributed by atoms with Gasteiger partial charge in [-0.25, -0.2) is 17.5 Å². The largest absolute Gasteiger partial charge is 0.363 e. The Bertz CT molecular complexity index is 1260. The summed E-state index contributed by atoms with van der Waals surface area (Å²) in [5.41, 5.74) is 4.15. The van der Waals surface area contributed by atoms with Crippen molar-refractivity contribution in [2.75, 3.05) is 26.4 Å². The van der Waals surface area contributed by atoms with Crippen LogP contribution >= 0.6 is 0 Å². The molecule has 4 atom stereocenters. The van der Waals surface area contributed by atoms with E-state index in [0.29, 0.717) is 32.2 Å². The molecular formula is C38H74N6O7S. The van der Waals surface area contributed by atoms with Crippen LogP contribution in [0.5, 0.6) is 0 Å². The minimum absolute atomic E-state index is 0.00240. The highest BCUT2D eigenvalue weighted by atomic mass is 32.2. The zero-order valence-electron chi connectivity index (χ0n) is 34.7. The molecule has 2 rings (SSSR count). The minimum atomic E-state index is -3.49. The molecule has 1 aliphatic heterocycles. The molecule has 5 amide bonds. The van der Waals surface area contributed by atoms with Crippen LogP contribution < -0.4 is 21.7 Å². The summed E-state index contributed by atoms with van der Waals surface area (Å²) in [7, 11) is -2.04. The summed E-state index contributed by atoms with van der Waals surface area (Å²) < 4.78 is 25.4. The number of nitrogens with one attached hydrogen (secondary N) is 3. The number of carbonyl (C=O) groups is 5. The first-order valence-corrected chi connectivity index (χ1v) is 21.1. The number of Topliss-reactive ketones (excluding diaryl/α,β-unsaturated/α-hetero) is 1. The van der Waals surface area contributed by atoms with Gasteiger partial charge in [0.2, 0.25) is 27.6 Å². The zero-order chi connectivity index (χ0) is 40.6. The summed E-state index contributed by atoms with van der Waals surface area (Å²) in [6.07, 6.45) is 9.02. The number of nitrogens with zero attached hydrogens (tertiary/aromatic N) is 2. The van der Waals surface area contributed by atoms with Crippen LogP contribution in [0.25, 0.3) is 0 Å². The Hall–Kier alpha value is -2.74. The summed E-state index contributed by atoms with van der Waals surface area (Å²) >= 11 is 0. The minimum Gasteiger partial charge on any atom is -0.363 e. The fourth-order valence-corrected chi connectivity index (χ4v) is 6.47. The zero-order valence-corrected chi connectivity index (χ0v) is 35.5. The number of primary amides is 1. The summed E-state index contributed by atoms with van der Waals surface area (Å²) in [6.45, 7) is 22.6. The molecule has 1 heterocycles. The van der Waals surface area contributed by atoms with Crippen molar-refractivity contribution in [2.45, 2.75) is 165 Å². The predicted octanol–water partition coefficient (Wildman–Crippen LogP) is 4.98. The Kier molecular flexibility index (Phi) is 21.3. The predicted molar refractivity (Wildman–Crippen MR) is 209 cm³/mol. The Morgan fingerprint density at radius 2 is 1.42 bits per heavy atom. The molecule has 304 valence electrons. The van der Waals surface area contributed by atoms with Gasteiger partial charge in [0, 0.05) is 26.2 Å². The van der Waals surface area contributed by atoms with Crippen LogP contribution in [0.4, 0.5) is 4.79 Å². The molecular weight excluding hydrogens is 685 g/mol. The maximum absolute atomic E-state index is 14.3. The number of urea groups is 1. The van der Waals surface area contributed by atoms with Gasteiger partial charge in [-0.05, 0) is 54.8 Å². The van der Waals surface area contributed by atoms with E-state index in [-0.39, 0.29) is 24.8 Å². The van der Waals surface area contributed by atoms with Gasteiger partial charge in [-0.1, -0.05) is 108 Å². The van der Waals surface area contributed by atoms with Gasteiger partial charge in [0.25, 0.3) is 5.91 Å². The molecule has 1 aliphatic carbocycles. The van der Waals surface area contributed by atoms with E-state index in [0.717, 1.165) is 31.4 Å². The summed E-state index contributed by atoms with van der Waals surface area (Å²) in [4.78, 5) is 66.8. The van der Waals surface area contributed by atoms with Gasteiger partial charge in [-0.3, -0.25) is 19.2 Å². The van der Waals surface area contributed by atoms with Crippen molar-refractivity contribution in [3.8, 4) is 0 Å². The van der Waals surface area contributed by atoms with E-state index in [1.165, 1.54) is 29.1 Å². The number of hydrogen-bond donors (Lipinski definition) is 4. The fourth-order valence-electron chi connectivity index (χ4n) is 6.05. The van der Waals surface area contributed by atoms with Crippen molar-refractivity contribution in [1.29, 1.82) is 0 Å². The van der Waals surface area contributed by atoms with Crippen molar-refractivity contribution >= 4 is 39.6 Å². The number of ketones is 1. The second-order valence-corrected chi connectivity index (χ2v) is 18.9. The molecule has 0 spiro atoms. The maximum Gasteiger partial charge on any atom is 0.315 e. The van der Waals surface area contributed by atoms with E-state index in [1.807, 2.05) is 41.5 Å². The lowest BCUT2D eigenvalue weighted by Crippen LogP contribution is -2.63. The molecule has 4 unspecified atom stereocenters. The number of rotatable bonds is 14. The molecule has 13 nitrogen and oxygen atoms in total. The smallest absolute Gasteiger partial charge is 0.315 e. The third-order valence-corrected chi connectivity index (χ3v) is 11.1. The van der Waals surface area contributed by atoms with Crippen LogP contribution in [0.15, 0.2) is 0 Å². The first-order valence-electron chi connectivity index (χ1n) is 19.3. The Morgan fingerprint density at radius 3 is 1.85 bits per heavy atom. The average Bonchev–Trinajstić information content (AvgIpc) is 3.52. The lowest BCUT2D eigenvalue weighted by molar-refractivity contribution is -0.144. The van der Waals surface area contributed by atoms with E-state index >= 15 is 0 Å². The number of carbonyl (C=O) groups excluding carboxylic acids is 5. The van der Waals surface area contributed by atoms with Gasteiger partial charge in [0.1, 0.15) is 12.1 Å². The number of hydrogen-bond acceptors (Lipinski definition) is 7. The Morgan fingerprint density at radius 1 is 0.904 bits per heavy atom. The summed E-state index contributed by atoms with van der Waals surface area (Å²) in [6, 6.07) is -4.07. The van der Waals surface area contributed by atoms with Crippen LogP contribution in [0.2, 0.25) is 0 Å². The van der Waals surface area contributed by atoms with E-state index in [4.69, 9.17) is 5.73 Å². The third-order valence-electron chi connectivity index (χ3n) is 9.81. The summed E-state index contributed by atoms with van der Waals surface area (Å²) in [5, 5.41) is 8.49. The lowest BCUT2D eigenvalue weighted by atomic mass is 9.70. The number of amides is 5. The van der Waals surface area contributed by atoms with E-state index in [1.54, 1.807) is 0 Å². The average molecular weight is 759 g/mol. The molecule has 0 bridgehead atoms. The monoisotopic (exact) mass is 759 g/mol. The van der Waals surface area contributed by atoms with Crippen molar-refractivity contribution < 1.29 is 32.4 Å². The van der Waals surface area contributed by atoms with Gasteiger partial charge in [0.05, 0.1) is 12.3 Å². The Balaban J connectivity index is 0.00000293. The number of likely N-dealkylation sites (tertiary alicyclic amines) is 1. The molecule has 5 N–H and O–H groups in total. The van der Waals surface area contributed by atoms with Crippen molar-refractivity contribution in [2.24, 2.45) is 28.4 Å². The van der Waals surface area contributed by atoms with Crippen molar-refractivity contribution in [3.05, 3.63) is 0 Å². The second kappa shape index (κ2) is 22.5. The van der Waals surface area contributed by atoms with Gasteiger partial charge < -0.3 is 26.6 Å². The van der Waals surface area contributed by atoms with Gasteiger partial charge >= 0.3 is 6.03 Å². The highest BCUT2D eigenvalue weighted by Crippen LogP contribution is 2.40. The van der Waals surface area contributed by atoms with Crippen LogP contribution in [0.3, 0.4) is 0 Å². The van der Waals surface area contributed by atoms with Gasteiger partial charge in [0.15, 0.2) is 0 Å². The topological polar surface area (TPSA) is 188 Å². The Labute approximate surface area is 315 Å². The molecule has 52 heavy (non-hydrogen) atoms.